The van der Waals surface area contributed by atoms with Crippen LogP contribution in [0, 0.1) is 0 Å². The predicted octanol–water partition coefficient (Wildman–Crippen LogP) is 27.1. The largest absolute Gasteiger partial charge is 0.236 e. The first-order chi connectivity index (χ1) is 52.5. The molecule has 0 unspecified atom stereocenters. The van der Waals surface area contributed by atoms with E-state index in [1.54, 1.807) is 45.3 Å². The SMILES string of the molecule is c1ccc(-c2nc(-c3ccc4c(c3)sc3ccccc34)nc(-c3cccc4sc5c(-c6ccc(-c7nc8ccccc8s7)cc6)cccc5c34)n2)cc1.c1ccc(-c2nc(-c3cccc4c3sc3ccccc34)nc(-c3cccc4sc5c(-c6ccc(-c7nc8ccccc8s7)cc6)cccc5c34)n2)cc1. The van der Waals surface area contributed by atoms with Crippen LogP contribution in [0.4, 0.5) is 0 Å². The smallest absolute Gasteiger partial charge is 0.165 e. The van der Waals surface area contributed by atoms with E-state index in [1.165, 1.54) is 102 Å². The molecule has 0 radical (unpaired) electrons. The zero-order valence-corrected chi connectivity index (χ0v) is 60.9. The Morgan fingerprint density at radius 1 is 0.170 bits per heavy atom. The number of aromatic nitrogens is 8. The number of nitrogens with zero attached hydrogens (tertiary/aromatic N) is 8. The lowest BCUT2D eigenvalue weighted by Crippen LogP contribution is -2.00. The minimum absolute atomic E-state index is 0.660. The van der Waals surface area contributed by atoms with E-state index in [4.69, 9.17) is 39.9 Å². The van der Waals surface area contributed by atoms with Gasteiger partial charge in [-0.15, -0.1) is 68.0 Å². The van der Waals surface area contributed by atoms with E-state index in [1.807, 2.05) is 71.2 Å². The fourth-order valence-corrected chi connectivity index (χ4v) is 21.4. The summed E-state index contributed by atoms with van der Waals surface area (Å²) in [4.78, 5) is 40.8. The lowest BCUT2D eigenvalue weighted by atomic mass is 9.99. The Bertz CT molecular complexity index is 7150. The van der Waals surface area contributed by atoms with Crippen molar-refractivity contribution in [3.63, 3.8) is 0 Å². The zero-order chi connectivity index (χ0) is 69.8. The van der Waals surface area contributed by atoms with Crippen molar-refractivity contribution in [2.75, 3.05) is 0 Å². The van der Waals surface area contributed by atoms with Crippen molar-refractivity contribution in [2.45, 2.75) is 0 Å². The van der Waals surface area contributed by atoms with Gasteiger partial charge in [0.1, 0.15) is 10.0 Å². The second-order valence-corrected chi connectivity index (χ2v) is 32.3. The molecule has 8 heterocycles. The monoisotopic (exact) mass is 1460 g/mol. The zero-order valence-electron chi connectivity index (χ0n) is 56.0. The van der Waals surface area contributed by atoms with E-state index < -0.39 is 0 Å². The lowest BCUT2D eigenvalue weighted by Gasteiger charge is -2.10. The average Bonchev–Trinajstić information content (AvgIpc) is 1.59. The van der Waals surface area contributed by atoms with Gasteiger partial charge in [0.15, 0.2) is 34.9 Å². The normalized spacial score (nSPS) is 11.8. The van der Waals surface area contributed by atoms with Crippen LogP contribution in [-0.2, 0) is 0 Å². The fourth-order valence-electron chi connectivity index (χ4n) is 14.6. The maximum atomic E-state index is 5.28. The first-order valence-corrected chi connectivity index (χ1v) is 39.7. The molecule has 0 amide bonds. The van der Waals surface area contributed by atoms with Gasteiger partial charge in [-0.3, -0.25) is 0 Å². The highest BCUT2D eigenvalue weighted by atomic mass is 32.1. The lowest BCUT2D eigenvalue weighted by molar-refractivity contribution is 1.08. The van der Waals surface area contributed by atoms with E-state index in [2.05, 4.69) is 267 Å². The Morgan fingerprint density at radius 3 is 1.04 bits per heavy atom. The molecule has 0 saturated carbocycles. The van der Waals surface area contributed by atoms with Gasteiger partial charge in [0, 0.05) is 125 Å². The van der Waals surface area contributed by atoms with Gasteiger partial charge in [0.2, 0.25) is 0 Å². The topological polar surface area (TPSA) is 103 Å². The molecule has 496 valence electrons. The van der Waals surface area contributed by atoms with Crippen LogP contribution in [0.1, 0.15) is 0 Å². The molecule has 8 nitrogen and oxygen atoms in total. The number of hydrogen-bond acceptors (Lipinski definition) is 14. The summed E-state index contributed by atoms with van der Waals surface area (Å²) in [6.45, 7) is 0. The van der Waals surface area contributed by atoms with Gasteiger partial charge in [0.25, 0.3) is 0 Å². The minimum atomic E-state index is 0.660. The van der Waals surface area contributed by atoms with Crippen LogP contribution in [-0.4, -0.2) is 39.9 Å². The van der Waals surface area contributed by atoms with Crippen molar-refractivity contribution >= 4 is 169 Å². The molecule has 0 aliphatic carbocycles. The summed E-state index contributed by atoms with van der Waals surface area (Å²) in [6.07, 6.45) is 0. The Hall–Kier alpha value is -12.2. The van der Waals surface area contributed by atoms with Crippen molar-refractivity contribution < 1.29 is 0 Å². The molecule has 0 saturated heterocycles. The third-order valence-corrected chi connectivity index (χ3v) is 26.5. The third-order valence-electron chi connectivity index (χ3n) is 19.6. The van der Waals surface area contributed by atoms with E-state index in [0.29, 0.717) is 34.9 Å². The first kappa shape index (κ1) is 62.3. The van der Waals surface area contributed by atoms with E-state index in [-0.39, 0.29) is 0 Å². The van der Waals surface area contributed by atoms with Gasteiger partial charge >= 0.3 is 0 Å². The molecule has 0 bridgehead atoms. The summed E-state index contributed by atoms with van der Waals surface area (Å²) in [5, 5.41) is 11.8. The molecular weight excluding hydrogens is 1410 g/mol. The summed E-state index contributed by atoms with van der Waals surface area (Å²) in [7, 11) is 0. The van der Waals surface area contributed by atoms with Gasteiger partial charge in [-0.25, -0.2) is 39.9 Å². The van der Waals surface area contributed by atoms with E-state index in [0.717, 1.165) is 76.3 Å². The van der Waals surface area contributed by atoms with Crippen LogP contribution in [0.5, 0.6) is 0 Å². The third kappa shape index (κ3) is 10.9. The maximum absolute atomic E-state index is 5.28. The molecular formula is C92H52N8S6. The van der Waals surface area contributed by atoms with Crippen LogP contribution < -0.4 is 0 Å². The molecule has 14 heteroatoms. The highest BCUT2D eigenvalue weighted by Gasteiger charge is 2.23. The summed E-state index contributed by atoms with van der Waals surface area (Å²) in [6, 6.07) is 111. The second-order valence-electron chi connectivity index (χ2n) is 26.0. The minimum Gasteiger partial charge on any atom is -0.236 e. The van der Waals surface area contributed by atoms with Crippen LogP contribution in [0.15, 0.2) is 315 Å². The molecule has 22 aromatic rings. The Balaban J connectivity index is 0.000000136. The first-order valence-electron chi connectivity index (χ1n) is 34.8. The molecule has 0 fully saturated rings. The van der Waals surface area contributed by atoms with Crippen molar-refractivity contribution in [3.05, 3.63) is 315 Å². The van der Waals surface area contributed by atoms with Gasteiger partial charge in [-0.2, -0.15) is 0 Å². The molecule has 14 aromatic carbocycles. The number of thiazole rings is 2. The van der Waals surface area contributed by atoms with Gasteiger partial charge in [0.05, 0.1) is 20.4 Å². The molecule has 0 atom stereocenters. The van der Waals surface area contributed by atoms with Crippen molar-refractivity contribution in [3.8, 4) is 112 Å². The molecule has 0 aliphatic rings. The van der Waals surface area contributed by atoms with E-state index in [9.17, 15) is 0 Å². The molecule has 0 spiro atoms. The molecule has 22 rings (SSSR count). The van der Waals surface area contributed by atoms with Crippen molar-refractivity contribution in [1.82, 2.24) is 39.9 Å². The van der Waals surface area contributed by atoms with Gasteiger partial charge in [-0.1, -0.05) is 255 Å². The standard InChI is InChI=1S/2C46H26N4S3/c1-2-11-28(12-3-1)43-48-44(50-45(49-43)35-18-9-15-32-31-13-4-6-20-37(31)51-42(32)35)34-17-10-22-39-40(34)33-16-8-14-30(41(33)52-39)27-23-25-29(26-24-27)46-47-36-19-5-7-21-38(36)53-46;1-2-10-28(11-3-1)43-48-44(30-24-25-33-32-12-4-6-17-37(32)51-40(33)26-30)50-45(49-43)35-15-9-19-39-41(35)34-14-8-13-31(42(34)52-39)27-20-22-29(23-21-27)46-47-36-16-5-7-18-38(36)53-46/h2*1-26H. The highest BCUT2D eigenvalue weighted by molar-refractivity contribution is 7.27. The van der Waals surface area contributed by atoms with Crippen LogP contribution >= 0.6 is 68.0 Å². The number of rotatable bonds is 10. The number of para-hydroxylation sites is 2. The maximum Gasteiger partial charge on any atom is 0.165 e. The number of benzene rings is 14. The molecule has 0 N–H and O–H groups in total. The Labute approximate surface area is 630 Å². The van der Waals surface area contributed by atoms with Crippen LogP contribution in [0.3, 0.4) is 0 Å². The summed E-state index contributed by atoms with van der Waals surface area (Å²) in [5.74, 6) is 4.00. The predicted molar refractivity (Wildman–Crippen MR) is 452 cm³/mol. The summed E-state index contributed by atoms with van der Waals surface area (Å²) >= 11 is 10.7. The van der Waals surface area contributed by atoms with Crippen molar-refractivity contribution in [2.24, 2.45) is 0 Å². The van der Waals surface area contributed by atoms with Crippen molar-refractivity contribution in [1.29, 1.82) is 0 Å². The Kier molecular flexibility index (Phi) is 15.2. The number of fused-ring (bicyclic) bond motifs is 14. The molecule has 8 aromatic heterocycles. The second kappa shape index (κ2) is 25.9. The van der Waals surface area contributed by atoms with Crippen LogP contribution in [0.2, 0.25) is 0 Å². The van der Waals surface area contributed by atoms with Gasteiger partial charge in [-0.05, 0) is 82.9 Å². The number of thiophene rings is 4. The Morgan fingerprint density at radius 2 is 0.509 bits per heavy atom. The highest BCUT2D eigenvalue weighted by Crippen LogP contribution is 2.48. The number of hydrogen-bond donors (Lipinski definition) is 0. The molecule has 0 aliphatic heterocycles. The quantitative estimate of drug-likeness (QED) is 0.133. The van der Waals surface area contributed by atoms with Gasteiger partial charge < -0.3 is 0 Å². The molecule has 106 heavy (non-hydrogen) atoms. The summed E-state index contributed by atoms with van der Waals surface area (Å²) in [5.41, 5.74) is 15.0. The average molecular weight is 1460 g/mol. The van der Waals surface area contributed by atoms with Crippen LogP contribution in [0.25, 0.3) is 213 Å². The fraction of sp³-hybridized carbons (Fsp3) is 0. The summed E-state index contributed by atoms with van der Waals surface area (Å²) < 4.78 is 12.2. The van der Waals surface area contributed by atoms with E-state index >= 15 is 0 Å².